The zero-order chi connectivity index (χ0) is 16.3. The first-order valence-electron chi connectivity index (χ1n) is 8.60. The predicted octanol–water partition coefficient (Wildman–Crippen LogP) is 1.56. The van der Waals surface area contributed by atoms with Gasteiger partial charge in [-0.1, -0.05) is 6.42 Å². The van der Waals surface area contributed by atoms with Crippen LogP contribution in [0.3, 0.4) is 0 Å². The summed E-state index contributed by atoms with van der Waals surface area (Å²) in [6, 6.07) is 0.287. The van der Waals surface area contributed by atoms with Crippen molar-refractivity contribution in [3.05, 3.63) is 0 Å². The third kappa shape index (κ3) is 4.70. The molecular weight excluding hydrogens is 278 g/mol. The molecule has 0 aromatic heterocycles. The highest BCUT2D eigenvalue weighted by Crippen LogP contribution is 2.41. The summed E-state index contributed by atoms with van der Waals surface area (Å²) in [7, 11) is 0. The number of hydrogen-bond donors (Lipinski definition) is 3. The third-order valence-electron chi connectivity index (χ3n) is 4.95. The van der Waals surface area contributed by atoms with Crippen LogP contribution in [0, 0.1) is 17.8 Å². The summed E-state index contributed by atoms with van der Waals surface area (Å²) in [5.41, 5.74) is 6.04. The Morgan fingerprint density at radius 2 is 1.73 bits per heavy atom. The number of hydrogen-bond acceptors (Lipinski definition) is 3. The molecule has 2 rings (SSSR count). The van der Waals surface area contributed by atoms with Crippen molar-refractivity contribution < 1.29 is 9.59 Å². The van der Waals surface area contributed by atoms with E-state index in [4.69, 9.17) is 5.73 Å². The molecule has 2 aliphatic rings. The standard InChI is InChI=1S/C17H31N3O2/c1-17(2,3)20-14(21)7-8-19-16(22)13-9-11-5-4-6-12(10-13)15(11)18/h11-13,15H,4-10,18H2,1-3H3,(H,19,22)(H,20,21). The predicted molar refractivity (Wildman–Crippen MR) is 87.1 cm³/mol. The molecule has 2 saturated carbocycles. The lowest BCUT2D eigenvalue weighted by molar-refractivity contribution is -0.128. The molecule has 0 aromatic rings. The Balaban J connectivity index is 1.73. The number of carbonyl (C=O) groups is 2. The normalized spacial score (nSPS) is 31.5. The van der Waals surface area contributed by atoms with E-state index in [1.54, 1.807) is 0 Å². The van der Waals surface area contributed by atoms with Crippen molar-refractivity contribution >= 4 is 11.8 Å². The van der Waals surface area contributed by atoms with Crippen LogP contribution >= 0.6 is 0 Å². The molecule has 0 radical (unpaired) electrons. The minimum absolute atomic E-state index is 0.0182. The lowest BCUT2D eigenvalue weighted by atomic mass is 9.65. The summed E-state index contributed by atoms with van der Waals surface area (Å²) < 4.78 is 0. The Morgan fingerprint density at radius 1 is 1.14 bits per heavy atom. The molecular formula is C17H31N3O2. The molecule has 2 fully saturated rings. The lowest BCUT2D eigenvalue weighted by Gasteiger charge is -2.43. The number of amides is 2. The smallest absolute Gasteiger partial charge is 0.223 e. The van der Waals surface area contributed by atoms with Gasteiger partial charge in [0.25, 0.3) is 0 Å². The monoisotopic (exact) mass is 309 g/mol. The van der Waals surface area contributed by atoms with E-state index >= 15 is 0 Å². The van der Waals surface area contributed by atoms with Gasteiger partial charge in [-0.25, -0.2) is 0 Å². The van der Waals surface area contributed by atoms with Crippen LogP contribution in [0.5, 0.6) is 0 Å². The van der Waals surface area contributed by atoms with Gasteiger partial charge in [-0.15, -0.1) is 0 Å². The van der Waals surface area contributed by atoms with Gasteiger partial charge in [0.15, 0.2) is 0 Å². The second-order valence-corrected chi connectivity index (χ2v) is 8.04. The van der Waals surface area contributed by atoms with Gasteiger partial charge >= 0.3 is 0 Å². The fourth-order valence-corrected chi connectivity index (χ4v) is 3.93. The van der Waals surface area contributed by atoms with E-state index < -0.39 is 0 Å². The quantitative estimate of drug-likeness (QED) is 0.737. The van der Waals surface area contributed by atoms with Crippen LogP contribution in [0.4, 0.5) is 0 Å². The SMILES string of the molecule is CC(C)(C)NC(=O)CCNC(=O)C1CC2CCCC(C1)C2N. The molecule has 2 aliphatic carbocycles. The molecule has 0 aromatic carbocycles. The molecule has 0 heterocycles. The number of nitrogens with one attached hydrogen (secondary N) is 2. The number of carbonyl (C=O) groups excluding carboxylic acids is 2. The first kappa shape index (κ1) is 17.3. The largest absolute Gasteiger partial charge is 0.355 e. The Labute approximate surface area is 133 Å². The van der Waals surface area contributed by atoms with Crippen molar-refractivity contribution in [3.8, 4) is 0 Å². The topological polar surface area (TPSA) is 84.2 Å². The summed E-state index contributed by atoms with van der Waals surface area (Å²) in [6.45, 7) is 6.27. The van der Waals surface area contributed by atoms with Gasteiger partial charge in [-0.3, -0.25) is 9.59 Å². The highest BCUT2D eigenvalue weighted by molar-refractivity contribution is 5.80. The maximum atomic E-state index is 12.3. The minimum atomic E-state index is -0.224. The molecule has 0 aliphatic heterocycles. The average molecular weight is 309 g/mol. The fraction of sp³-hybridized carbons (Fsp3) is 0.882. The van der Waals surface area contributed by atoms with Gasteiger partial charge in [0, 0.05) is 30.5 Å². The summed E-state index contributed by atoms with van der Waals surface area (Å²) in [5, 5.41) is 5.84. The van der Waals surface area contributed by atoms with Gasteiger partial charge in [-0.05, 0) is 58.3 Å². The van der Waals surface area contributed by atoms with E-state index in [0.29, 0.717) is 24.8 Å². The molecule has 126 valence electrons. The number of fused-ring (bicyclic) bond motifs is 2. The van der Waals surface area contributed by atoms with Crippen molar-refractivity contribution in [2.45, 2.75) is 70.9 Å². The number of rotatable bonds is 4. The third-order valence-corrected chi connectivity index (χ3v) is 4.95. The zero-order valence-electron chi connectivity index (χ0n) is 14.2. The van der Waals surface area contributed by atoms with Gasteiger partial charge in [-0.2, -0.15) is 0 Å². The van der Waals surface area contributed by atoms with E-state index in [1.807, 2.05) is 20.8 Å². The molecule has 0 saturated heterocycles. The zero-order valence-corrected chi connectivity index (χ0v) is 14.2. The Kier molecular flexibility index (Phi) is 5.48. The minimum Gasteiger partial charge on any atom is -0.355 e. The maximum absolute atomic E-state index is 12.3. The van der Waals surface area contributed by atoms with Crippen LogP contribution in [0.15, 0.2) is 0 Å². The van der Waals surface area contributed by atoms with Crippen LogP contribution < -0.4 is 16.4 Å². The van der Waals surface area contributed by atoms with Crippen LogP contribution in [-0.4, -0.2) is 29.9 Å². The molecule has 0 spiro atoms. The molecule has 5 heteroatoms. The van der Waals surface area contributed by atoms with Crippen LogP contribution in [-0.2, 0) is 9.59 Å². The van der Waals surface area contributed by atoms with Gasteiger partial charge < -0.3 is 16.4 Å². The Hall–Kier alpha value is -1.10. The van der Waals surface area contributed by atoms with E-state index in [2.05, 4.69) is 10.6 Å². The molecule has 2 amide bonds. The summed E-state index contributed by atoms with van der Waals surface area (Å²) in [4.78, 5) is 24.1. The van der Waals surface area contributed by atoms with Gasteiger partial charge in [0.1, 0.15) is 0 Å². The highest BCUT2D eigenvalue weighted by Gasteiger charge is 2.40. The van der Waals surface area contributed by atoms with Crippen molar-refractivity contribution in [3.63, 3.8) is 0 Å². The van der Waals surface area contributed by atoms with Crippen molar-refractivity contribution in [1.82, 2.24) is 10.6 Å². The molecule has 5 nitrogen and oxygen atoms in total. The first-order chi connectivity index (χ1) is 10.3. The van der Waals surface area contributed by atoms with E-state index in [9.17, 15) is 9.59 Å². The van der Waals surface area contributed by atoms with E-state index in [0.717, 1.165) is 25.7 Å². The van der Waals surface area contributed by atoms with Crippen LogP contribution in [0.25, 0.3) is 0 Å². The van der Waals surface area contributed by atoms with E-state index in [-0.39, 0.29) is 29.3 Å². The molecule has 2 atom stereocenters. The second-order valence-electron chi connectivity index (χ2n) is 8.04. The van der Waals surface area contributed by atoms with Crippen molar-refractivity contribution in [1.29, 1.82) is 0 Å². The summed E-state index contributed by atoms with van der Waals surface area (Å²) >= 11 is 0. The molecule has 2 bridgehead atoms. The molecule has 2 unspecified atom stereocenters. The van der Waals surface area contributed by atoms with Gasteiger partial charge in [0.05, 0.1) is 0 Å². The van der Waals surface area contributed by atoms with Gasteiger partial charge in [0.2, 0.25) is 11.8 Å². The highest BCUT2D eigenvalue weighted by atomic mass is 16.2. The second kappa shape index (κ2) is 6.99. The molecule has 22 heavy (non-hydrogen) atoms. The molecule has 4 N–H and O–H groups in total. The first-order valence-corrected chi connectivity index (χ1v) is 8.60. The summed E-state index contributed by atoms with van der Waals surface area (Å²) in [5.74, 6) is 1.18. The maximum Gasteiger partial charge on any atom is 0.223 e. The van der Waals surface area contributed by atoms with Crippen molar-refractivity contribution in [2.75, 3.05) is 6.54 Å². The van der Waals surface area contributed by atoms with E-state index in [1.165, 1.54) is 6.42 Å². The average Bonchev–Trinajstić information content (AvgIpc) is 2.35. The fourth-order valence-electron chi connectivity index (χ4n) is 3.93. The van der Waals surface area contributed by atoms with Crippen molar-refractivity contribution in [2.24, 2.45) is 23.5 Å². The summed E-state index contributed by atoms with van der Waals surface area (Å²) in [6.07, 6.45) is 5.74. The number of nitrogens with two attached hydrogens (primary N) is 1. The van der Waals surface area contributed by atoms with Crippen LogP contribution in [0.2, 0.25) is 0 Å². The van der Waals surface area contributed by atoms with Crippen LogP contribution in [0.1, 0.15) is 59.3 Å². The lowest BCUT2D eigenvalue weighted by Crippen LogP contribution is -2.49. The Morgan fingerprint density at radius 3 is 2.27 bits per heavy atom. The Bertz CT molecular complexity index is 403.